The largest absolute Gasteiger partial charge is 0.345 e. The number of carbonyl (C=O) groups is 2. The van der Waals surface area contributed by atoms with Crippen LogP contribution in [0, 0.1) is 17.2 Å². The minimum absolute atomic E-state index is 0.0237. The standard InChI is InChI=1S/C12H19N3O2/c1-9(10-5-3-2-4-6-10)15-12(17)11(16)14-8-7-13/h9-10H,2-6,8H2,1H3,(H,14,16)(H,15,17). The minimum Gasteiger partial charge on any atom is -0.345 e. The summed E-state index contributed by atoms with van der Waals surface area (Å²) in [6.45, 7) is 1.80. The van der Waals surface area contributed by atoms with E-state index in [1.807, 2.05) is 6.92 Å². The SMILES string of the molecule is CC(NC(=O)C(=O)NCC#N)C1CCCCC1. The molecule has 0 aromatic rings. The summed E-state index contributed by atoms with van der Waals surface area (Å²) in [6.07, 6.45) is 5.89. The molecule has 1 atom stereocenters. The zero-order valence-electron chi connectivity index (χ0n) is 10.2. The van der Waals surface area contributed by atoms with E-state index in [2.05, 4.69) is 10.6 Å². The van der Waals surface area contributed by atoms with Crippen LogP contribution in [0.15, 0.2) is 0 Å². The van der Waals surface area contributed by atoms with Crippen LogP contribution >= 0.6 is 0 Å². The molecular formula is C12H19N3O2. The third-order valence-electron chi connectivity index (χ3n) is 3.25. The fourth-order valence-electron chi connectivity index (χ4n) is 2.22. The Morgan fingerprint density at radius 3 is 2.53 bits per heavy atom. The first-order valence-electron chi connectivity index (χ1n) is 6.10. The minimum atomic E-state index is -0.728. The summed E-state index contributed by atoms with van der Waals surface area (Å²) in [4.78, 5) is 22.7. The number of nitrogens with zero attached hydrogens (tertiary/aromatic N) is 1. The van der Waals surface area contributed by atoms with Crippen molar-refractivity contribution in [2.24, 2.45) is 5.92 Å². The van der Waals surface area contributed by atoms with E-state index in [1.54, 1.807) is 6.07 Å². The fourth-order valence-corrected chi connectivity index (χ4v) is 2.22. The Morgan fingerprint density at radius 2 is 1.94 bits per heavy atom. The number of rotatable bonds is 3. The highest BCUT2D eigenvalue weighted by Gasteiger charge is 2.23. The molecule has 1 fully saturated rings. The molecule has 0 heterocycles. The van der Waals surface area contributed by atoms with Crippen molar-refractivity contribution in [2.45, 2.75) is 45.1 Å². The van der Waals surface area contributed by atoms with Crippen molar-refractivity contribution >= 4 is 11.8 Å². The molecule has 0 saturated heterocycles. The molecule has 0 bridgehead atoms. The highest BCUT2D eigenvalue weighted by atomic mass is 16.2. The average Bonchev–Trinajstić information content (AvgIpc) is 2.36. The second kappa shape index (κ2) is 6.89. The highest BCUT2D eigenvalue weighted by molar-refractivity contribution is 6.35. The van der Waals surface area contributed by atoms with E-state index >= 15 is 0 Å². The second-order valence-electron chi connectivity index (χ2n) is 4.50. The summed E-state index contributed by atoms with van der Waals surface area (Å²) in [7, 11) is 0. The Labute approximate surface area is 102 Å². The smallest absolute Gasteiger partial charge is 0.310 e. The Morgan fingerprint density at radius 1 is 1.29 bits per heavy atom. The van der Waals surface area contributed by atoms with Crippen molar-refractivity contribution < 1.29 is 9.59 Å². The first-order chi connectivity index (χ1) is 8.15. The summed E-state index contributed by atoms with van der Waals surface area (Å²) >= 11 is 0. The number of nitriles is 1. The van der Waals surface area contributed by atoms with Crippen LogP contribution in [0.2, 0.25) is 0 Å². The highest BCUT2D eigenvalue weighted by Crippen LogP contribution is 2.26. The van der Waals surface area contributed by atoms with Gasteiger partial charge in [0.25, 0.3) is 0 Å². The van der Waals surface area contributed by atoms with Gasteiger partial charge in [-0.2, -0.15) is 5.26 Å². The van der Waals surface area contributed by atoms with E-state index in [9.17, 15) is 9.59 Å². The maximum absolute atomic E-state index is 11.5. The molecule has 0 radical (unpaired) electrons. The van der Waals surface area contributed by atoms with Crippen LogP contribution < -0.4 is 10.6 Å². The Bertz CT molecular complexity index is 316. The topological polar surface area (TPSA) is 82.0 Å². The van der Waals surface area contributed by atoms with Gasteiger partial charge in [-0.1, -0.05) is 19.3 Å². The summed E-state index contributed by atoms with van der Waals surface area (Å²) in [6, 6.07) is 1.78. The van der Waals surface area contributed by atoms with Crippen LogP contribution in [0.25, 0.3) is 0 Å². The van der Waals surface area contributed by atoms with E-state index in [0.717, 1.165) is 12.8 Å². The zero-order valence-corrected chi connectivity index (χ0v) is 10.2. The van der Waals surface area contributed by atoms with Crippen LogP contribution in [0.1, 0.15) is 39.0 Å². The van der Waals surface area contributed by atoms with Crippen molar-refractivity contribution in [2.75, 3.05) is 6.54 Å². The summed E-state index contributed by atoms with van der Waals surface area (Å²) in [5.74, 6) is -0.899. The lowest BCUT2D eigenvalue weighted by molar-refractivity contribution is -0.139. The number of nitrogens with one attached hydrogen (secondary N) is 2. The summed E-state index contributed by atoms with van der Waals surface area (Å²) in [5.41, 5.74) is 0. The van der Waals surface area contributed by atoms with Gasteiger partial charge in [-0.25, -0.2) is 0 Å². The van der Waals surface area contributed by atoms with Gasteiger partial charge in [0, 0.05) is 6.04 Å². The monoisotopic (exact) mass is 237 g/mol. The zero-order chi connectivity index (χ0) is 12.7. The first-order valence-corrected chi connectivity index (χ1v) is 6.10. The molecule has 17 heavy (non-hydrogen) atoms. The summed E-state index contributed by atoms with van der Waals surface area (Å²) < 4.78 is 0. The second-order valence-corrected chi connectivity index (χ2v) is 4.50. The van der Waals surface area contributed by atoms with Crippen LogP contribution in [0.5, 0.6) is 0 Å². The third-order valence-corrected chi connectivity index (χ3v) is 3.25. The van der Waals surface area contributed by atoms with Gasteiger partial charge < -0.3 is 10.6 Å². The molecule has 2 N–H and O–H groups in total. The van der Waals surface area contributed by atoms with Gasteiger partial charge >= 0.3 is 11.8 Å². The molecular weight excluding hydrogens is 218 g/mol. The number of amides is 2. The van der Waals surface area contributed by atoms with Crippen LogP contribution in [0.4, 0.5) is 0 Å². The van der Waals surface area contributed by atoms with Gasteiger partial charge in [0.2, 0.25) is 0 Å². The third kappa shape index (κ3) is 4.43. The Kier molecular flexibility index (Phi) is 5.47. The van der Waals surface area contributed by atoms with Gasteiger partial charge in [0.15, 0.2) is 0 Å². The Balaban J connectivity index is 2.34. The van der Waals surface area contributed by atoms with Crippen molar-refractivity contribution in [3.05, 3.63) is 0 Å². The molecule has 0 spiro atoms. The predicted molar refractivity (Wildman–Crippen MR) is 62.8 cm³/mol. The maximum atomic E-state index is 11.5. The van der Waals surface area contributed by atoms with E-state index in [1.165, 1.54) is 19.3 Å². The molecule has 1 rings (SSSR count). The van der Waals surface area contributed by atoms with E-state index in [-0.39, 0.29) is 12.6 Å². The molecule has 0 aromatic heterocycles. The van der Waals surface area contributed by atoms with Gasteiger partial charge in [0.1, 0.15) is 6.54 Å². The molecule has 2 amide bonds. The van der Waals surface area contributed by atoms with Gasteiger partial charge in [0.05, 0.1) is 6.07 Å². The predicted octanol–water partition coefficient (Wildman–Crippen LogP) is 0.711. The number of hydrogen-bond acceptors (Lipinski definition) is 3. The Hall–Kier alpha value is -1.57. The van der Waals surface area contributed by atoms with E-state index < -0.39 is 11.8 Å². The van der Waals surface area contributed by atoms with Crippen molar-refractivity contribution in [3.8, 4) is 6.07 Å². The summed E-state index contributed by atoms with van der Waals surface area (Å²) in [5, 5.41) is 13.2. The van der Waals surface area contributed by atoms with Gasteiger partial charge in [-0.05, 0) is 25.7 Å². The quantitative estimate of drug-likeness (QED) is 0.560. The lowest BCUT2D eigenvalue weighted by Crippen LogP contribution is -2.46. The normalized spacial score (nSPS) is 17.9. The molecule has 5 heteroatoms. The van der Waals surface area contributed by atoms with Crippen LogP contribution in [0.3, 0.4) is 0 Å². The average molecular weight is 237 g/mol. The van der Waals surface area contributed by atoms with Gasteiger partial charge in [-0.3, -0.25) is 9.59 Å². The van der Waals surface area contributed by atoms with Crippen LogP contribution in [-0.2, 0) is 9.59 Å². The molecule has 1 saturated carbocycles. The lowest BCUT2D eigenvalue weighted by atomic mass is 9.84. The maximum Gasteiger partial charge on any atom is 0.310 e. The van der Waals surface area contributed by atoms with Crippen molar-refractivity contribution in [3.63, 3.8) is 0 Å². The molecule has 1 aliphatic carbocycles. The van der Waals surface area contributed by atoms with E-state index in [4.69, 9.17) is 5.26 Å². The molecule has 1 unspecified atom stereocenters. The molecule has 0 aromatic carbocycles. The fraction of sp³-hybridized carbons (Fsp3) is 0.750. The first kappa shape index (κ1) is 13.5. The van der Waals surface area contributed by atoms with Crippen molar-refractivity contribution in [1.82, 2.24) is 10.6 Å². The number of carbonyl (C=O) groups excluding carboxylic acids is 2. The molecule has 1 aliphatic rings. The van der Waals surface area contributed by atoms with Crippen molar-refractivity contribution in [1.29, 1.82) is 5.26 Å². The molecule has 94 valence electrons. The van der Waals surface area contributed by atoms with Crippen LogP contribution in [-0.4, -0.2) is 24.4 Å². The lowest BCUT2D eigenvalue weighted by Gasteiger charge is -2.27. The molecule has 0 aliphatic heterocycles. The molecule has 5 nitrogen and oxygen atoms in total. The van der Waals surface area contributed by atoms with E-state index in [0.29, 0.717) is 5.92 Å². The van der Waals surface area contributed by atoms with Gasteiger partial charge in [-0.15, -0.1) is 0 Å². The number of hydrogen-bond donors (Lipinski definition) is 2.